The number of hydrogen-bond acceptors (Lipinski definition) is 5. The Morgan fingerprint density at radius 3 is 2.30 bits per heavy atom. The maximum atomic E-state index is 13.3. The summed E-state index contributed by atoms with van der Waals surface area (Å²) in [7, 11) is -4.01. The lowest BCUT2D eigenvalue weighted by atomic mass is 10.1. The minimum Gasteiger partial charge on any atom is -0.419 e. The summed E-state index contributed by atoms with van der Waals surface area (Å²) in [4.78, 5) is 4.33. The van der Waals surface area contributed by atoms with Crippen molar-refractivity contribution in [3.05, 3.63) is 89.2 Å². The zero-order valence-electron chi connectivity index (χ0n) is 15.8. The van der Waals surface area contributed by atoms with Crippen molar-refractivity contribution in [2.45, 2.75) is 16.8 Å². The number of nitrogens with one attached hydrogen (secondary N) is 1. The van der Waals surface area contributed by atoms with E-state index in [1.54, 1.807) is 6.07 Å². The van der Waals surface area contributed by atoms with Gasteiger partial charge in [0, 0.05) is 16.3 Å². The van der Waals surface area contributed by atoms with Crippen molar-refractivity contribution in [2.75, 3.05) is 5.32 Å². The van der Waals surface area contributed by atoms with Gasteiger partial charge in [0.05, 0.1) is 4.90 Å². The Balaban J connectivity index is 1.85. The van der Waals surface area contributed by atoms with Gasteiger partial charge in [-0.05, 0) is 67.1 Å². The molecule has 1 N–H and O–H groups in total. The number of hydrogen-bond donors (Lipinski definition) is 1. The number of halogens is 2. The van der Waals surface area contributed by atoms with Crippen LogP contribution in [-0.2, 0) is 9.84 Å². The Morgan fingerprint density at radius 1 is 0.967 bits per heavy atom. The molecule has 152 valence electrons. The van der Waals surface area contributed by atoms with Gasteiger partial charge in [-0.3, -0.25) is 0 Å². The van der Waals surface area contributed by atoms with Crippen LogP contribution in [-0.4, -0.2) is 13.4 Å². The van der Waals surface area contributed by atoms with Crippen LogP contribution in [0.2, 0.25) is 5.02 Å². The monoisotopic (exact) mass is 442 g/mol. The number of anilines is 2. The second-order valence-corrected chi connectivity index (χ2v) is 8.86. The molecule has 30 heavy (non-hydrogen) atoms. The predicted octanol–water partition coefficient (Wildman–Crippen LogP) is 6.02. The number of benzene rings is 3. The maximum absolute atomic E-state index is 13.3. The number of oxazole rings is 1. The van der Waals surface area contributed by atoms with Crippen LogP contribution in [0.3, 0.4) is 0 Å². The first-order valence-electron chi connectivity index (χ1n) is 8.95. The Hall–Kier alpha value is -3.16. The van der Waals surface area contributed by atoms with E-state index in [1.165, 1.54) is 48.5 Å². The SMILES string of the molecule is Cc1ccccc1-c1nc(S(=O)(=O)c2ccc(Cl)cc2)c(Nc2ccc(F)cc2)o1. The fraction of sp³-hybridized carbons (Fsp3) is 0.0455. The molecule has 5 nitrogen and oxygen atoms in total. The second-order valence-electron chi connectivity index (χ2n) is 6.56. The van der Waals surface area contributed by atoms with Crippen molar-refractivity contribution < 1.29 is 17.2 Å². The highest BCUT2D eigenvalue weighted by Gasteiger charge is 2.29. The molecule has 0 spiro atoms. The maximum Gasteiger partial charge on any atom is 0.238 e. The van der Waals surface area contributed by atoms with Crippen LogP contribution < -0.4 is 5.32 Å². The first kappa shape index (κ1) is 20.1. The Morgan fingerprint density at radius 2 is 1.63 bits per heavy atom. The number of sulfone groups is 1. The molecule has 0 unspecified atom stereocenters. The van der Waals surface area contributed by atoms with Gasteiger partial charge in [-0.1, -0.05) is 29.8 Å². The molecular formula is C22H16ClFN2O3S. The Kier molecular flexibility index (Phi) is 5.32. The summed E-state index contributed by atoms with van der Waals surface area (Å²) in [6.45, 7) is 1.87. The smallest absolute Gasteiger partial charge is 0.238 e. The van der Waals surface area contributed by atoms with E-state index >= 15 is 0 Å². The van der Waals surface area contributed by atoms with Crippen LogP contribution in [0, 0.1) is 12.7 Å². The lowest BCUT2D eigenvalue weighted by molar-refractivity contribution is 0.581. The zero-order valence-corrected chi connectivity index (χ0v) is 17.3. The summed E-state index contributed by atoms with van der Waals surface area (Å²) in [5.41, 5.74) is 2.00. The summed E-state index contributed by atoms with van der Waals surface area (Å²) in [6, 6.07) is 18.6. The minimum atomic E-state index is -4.01. The molecule has 0 radical (unpaired) electrons. The van der Waals surface area contributed by atoms with Crippen molar-refractivity contribution in [1.82, 2.24) is 4.98 Å². The summed E-state index contributed by atoms with van der Waals surface area (Å²) in [5.74, 6) is -0.312. The van der Waals surface area contributed by atoms with Crippen LogP contribution in [0.15, 0.2) is 87.1 Å². The van der Waals surface area contributed by atoms with Gasteiger partial charge >= 0.3 is 0 Å². The van der Waals surface area contributed by atoms with E-state index in [-0.39, 0.29) is 21.7 Å². The average molecular weight is 443 g/mol. The normalized spacial score (nSPS) is 11.4. The molecule has 0 aliphatic rings. The highest BCUT2D eigenvalue weighted by molar-refractivity contribution is 7.91. The first-order valence-corrected chi connectivity index (χ1v) is 10.8. The Labute approximate surface area is 178 Å². The lowest BCUT2D eigenvalue weighted by Crippen LogP contribution is -2.05. The molecule has 0 aliphatic carbocycles. The van der Waals surface area contributed by atoms with Gasteiger partial charge in [0.25, 0.3) is 0 Å². The van der Waals surface area contributed by atoms with Crippen LogP contribution in [0.1, 0.15) is 5.56 Å². The van der Waals surface area contributed by atoms with E-state index in [4.69, 9.17) is 16.0 Å². The molecule has 3 aromatic carbocycles. The van der Waals surface area contributed by atoms with E-state index in [9.17, 15) is 12.8 Å². The summed E-state index contributed by atoms with van der Waals surface area (Å²) < 4.78 is 45.6. The van der Waals surface area contributed by atoms with Crippen molar-refractivity contribution in [2.24, 2.45) is 0 Å². The van der Waals surface area contributed by atoms with Crippen molar-refractivity contribution in [3.8, 4) is 11.5 Å². The van der Waals surface area contributed by atoms with E-state index in [1.807, 2.05) is 25.1 Å². The molecule has 0 bridgehead atoms. The van der Waals surface area contributed by atoms with Gasteiger partial charge in [0.2, 0.25) is 26.6 Å². The van der Waals surface area contributed by atoms with Crippen molar-refractivity contribution >= 4 is 33.0 Å². The molecule has 0 fully saturated rings. The first-order chi connectivity index (χ1) is 14.3. The van der Waals surface area contributed by atoms with Gasteiger partial charge in [-0.2, -0.15) is 4.98 Å². The van der Waals surface area contributed by atoms with Gasteiger partial charge in [-0.15, -0.1) is 0 Å². The van der Waals surface area contributed by atoms with E-state index < -0.39 is 15.7 Å². The van der Waals surface area contributed by atoms with Crippen molar-refractivity contribution in [1.29, 1.82) is 0 Å². The molecule has 0 atom stereocenters. The Bertz CT molecular complexity index is 1300. The standard InChI is InChI=1S/C22H16ClFN2O3S/c1-14-4-2-3-5-19(14)20-26-22(30(27,28)18-12-6-15(23)7-13-18)21(29-20)25-17-10-8-16(24)9-11-17/h2-13,25H,1H3. The average Bonchev–Trinajstić information content (AvgIpc) is 3.15. The molecule has 1 heterocycles. The van der Waals surface area contributed by atoms with Crippen LogP contribution in [0.25, 0.3) is 11.5 Å². The molecule has 1 aromatic heterocycles. The number of aryl methyl sites for hydroxylation is 1. The highest BCUT2D eigenvalue weighted by Crippen LogP contribution is 2.35. The lowest BCUT2D eigenvalue weighted by Gasteiger charge is -2.06. The minimum absolute atomic E-state index is 0.0266. The number of nitrogens with zero attached hydrogens (tertiary/aromatic N) is 1. The van der Waals surface area contributed by atoms with Gasteiger partial charge < -0.3 is 9.73 Å². The molecule has 8 heteroatoms. The third-order valence-electron chi connectivity index (χ3n) is 4.45. The summed E-state index contributed by atoms with van der Waals surface area (Å²) >= 11 is 5.89. The molecule has 4 aromatic rings. The highest BCUT2D eigenvalue weighted by atomic mass is 35.5. The molecule has 0 amide bonds. The topological polar surface area (TPSA) is 72.2 Å². The predicted molar refractivity (Wildman–Crippen MR) is 113 cm³/mol. The zero-order chi connectivity index (χ0) is 21.3. The van der Waals surface area contributed by atoms with Crippen molar-refractivity contribution in [3.63, 3.8) is 0 Å². The third-order valence-corrected chi connectivity index (χ3v) is 6.38. The van der Waals surface area contributed by atoms with E-state index in [0.29, 0.717) is 16.3 Å². The largest absolute Gasteiger partial charge is 0.419 e. The number of rotatable bonds is 5. The third kappa shape index (κ3) is 3.94. The second kappa shape index (κ2) is 7.93. The molecule has 0 aliphatic heterocycles. The quantitative estimate of drug-likeness (QED) is 0.409. The van der Waals surface area contributed by atoms with Crippen LogP contribution in [0.5, 0.6) is 0 Å². The van der Waals surface area contributed by atoms with Crippen LogP contribution >= 0.6 is 11.6 Å². The molecule has 0 saturated heterocycles. The number of aromatic nitrogens is 1. The fourth-order valence-electron chi connectivity index (χ4n) is 2.89. The van der Waals surface area contributed by atoms with E-state index in [0.717, 1.165) is 5.56 Å². The molecule has 0 saturated carbocycles. The molecular weight excluding hydrogens is 427 g/mol. The fourth-order valence-corrected chi connectivity index (χ4v) is 4.27. The van der Waals surface area contributed by atoms with Gasteiger partial charge in [0.15, 0.2) is 0 Å². The van der Waals surface area contributed by atoms with Gasteiger partial charge in [-0.25, -0.2) is 12.8 Å². The molecule has 4 rings (SSSR count). The summed E-state index contributed by atoms with van der Waals surface area (Å²) in [5, 5.41) is 3.04. The van der Waals surface area contributed by atoms with E-state index in [2.05, 4.69) is 10.3 Å². The van der Waals surface area contributed by atoms with Gasteiger partial charge in [0.1, 0.15) is 5.82 Å². The van der Waals surface area contributed by atoms with Crippen LogP contribution in [0.4, 0.5) is 16.0 Å². The summed E-state index contributed by atoms with van der Waals surface area (Å²) in [6.07, 6.45) is 0.